The summed E-state index contributed by atoms with van der Waals surface area (Å²) in [6.07, 6.45) is 7.44. The van der Waals surface area contributed by atoms with E-state index in [1.54, 1.807) is 24.2 Å². The van der Waals surface area contributed by atoms with Gasteiger partial charge in [-0.25, -0.2) is 4.98 Å². The van der Waals surface area contributed by atoms with Crippen LogP contribution in [0, 0.1) is 5.92 Å². The van der Waals surface area contributed by atoms with Gasteiger partial charge in [0.15, 0.2) is 0 Å². The highest BCUT2D eigenvalue weighted by Crippen LogP contribution is 2.30. The normalized spacial score (nSPS) is 16.2. The maximum Gasteiger partial charge on any atom is 0.240 e. The number of carbonyl (C=O) groups is 1. The summed E-state index contributed by atoms with van der Waals surface area (Å²) in [6, 6.07) is -0.117. The Bertz CT molecular complexity index is 476. The van der Waals surface area contributed by atoms with Gasteiger partial charge in [-0.05, 0) is 25.0 Å². The lowest BCUT2D eigenvalue weighted by molar-refractivity contribution is -0.134. The van der Waals surface area contributed by atoms with Crippen molar-refractivity contribution in [2.24, 2.45) is 11.7 Å². The van der Waals surface area contributed by atoms with Gasteiger partial charge in [-0.3, -0.25) is 9.78 Å². The summed E-state index contributed by atoms with van der Waals surface area (Å²) < 4.78 is 0. The van der Waals surface area contributed by atoms with Gasteiger partial charge >= 0.3 is 0 Å². The molecule has 0 bridgehead atoms. The minimum absolute atomic E-state index is 0.0280. The van der Waals surface area contributed by atoms with Crippen LogP contribution in [-0.2, 0) is 11.3 Å². The lowest BCUT2D eigenvalue weighted by Crippen LogP contribution is -2.47. The highest BCUT2D eigenvalue weighted by Gasteiger charge is 2.36. The van der Waals surface area contributed by atoms with Crippen LogP contribution < -0.4 is 5.73 Å². The van der Waals surface area contributed by atoms with Gasteiger partial charge in [-0.1, -0.05) is 13.8 Å². The van der Waals surface area contributed by atoms with Gasteiger partial charge in [0, 0.05) is 18.4 Å². The fourth-order valence-electron chi connectivity index (χ4n) is 2.04. The summed E-state index contributed by atoms with van der Waals surface area (Å²) in [5.41, 5.74) is 6.88. The minimum atomic E-state index is -0.440. The van der Waals surface area contributed by atoms with Gasteiger partial charge in [-0.15, -0.1) is 11.8 Å². The van der Waals surface area contributed by atoms with Crippen molar-refractivity contribution in [3.63, 3.8) is 0 Å². The van der Waals surface area contributed by atoms with Gasteiger partial charge in [0.25, 0.3) is 0 Å². The molecule has 2 rings (SSSR count). The first-order chi connectivity index (χ1) is 9.54. The molecule has 2 N–H and O–H groups in total. The maximum atomic E-state index is 12.5. The largest absolute Gasteiger partial charge is 0.332 e. The number of aromatic nitrogens is 2. The van der Waals surface area contributed by atoms with E-state index in [0.29, 0.717) is 12.6 Å². The predicted octanol–water partition coefficient (Wildman–Crippen LogP) is 1.67. The number of thioether (sulfide) groups is 1. The number of nitrogens with two attached hydrogens (primary N) is 1. The molecule has 0 spiro atoms. The molecule has 1 atom stereocenters. The topological polar surface area (TPSA) is 72.1 Å². The van der Waals surface area contributed by atoms with Crippen LogP contribution >= 0.6 is 11.8 Å². The molecule has 0 radical (unpaired) electrons. The van der Waals surface area contributed by atoms with Crippen molar-refractivity contribution in [2.75, 3.05) is 6.26 Å². The first-order valence-corrected chi connectivity index (χ1v) is 8.17. The summed E-state index contributed by atoms with van der Waals surface area (Å²) in [4.78, 5) is 23.1. The molecule has 1 amide bonds. The highest BCUT2D eigenvalue weighted by atomic mass is 32.2. The number of nitrogens with zero attached hydrogens (tertiary/aromatic N) is 3. The van der Waals surface area contributed by atoms with Crippen LogP contribution in [0.15, 0.2) is 17.4 Å². The Morgan fingerprint density at radius 2 is 2.10 bits per heavy atom. The monoisotopic (exact) mass is 294 g/mol. The standard InChI is InChI=1S/C14H22N4OS/c1-9(2)12(15)14(19)18(10-4-5-10)8-11-13(20-3)17-7-6-16-11/h6-7,9-10,12H,4-5,8,15H2,1-3H3/t12-/m0/s1. The van der Waals surface area contributed by atoms with Crippen LogP contribution in [0.3, 0.4) is 0 Å². The Hall–Kier alpha value is -1.14. The molecule has 1 aromatic rings. The van der Waals surface area contributed by atoms with Crippen LogP contribution in [0.2, 0.25) is 0 Å². The van der Waals surface area contributed by atoms with Gasteiger partial charge in [0.1, 0.15) is 5.03 Å². The number of rotatable bonds is 6. The molecule has 1 aromatic heterocycles. The zero-order valence-corrected chi connectivity index (χ0v) is 13.1. The Kier molecular flexibility index (Phi) is 4.99. The van der Waals surface area contributed by atoms with E-state index in [2.05, 4.69) is 9.97 Å². The van der Waals surface area contributed by atoms with Crippen molar-refractivity contribution in [1.82, 2.24) is 14.9 Å². The molecule has 5 nitrogen and oxygen atoms in total. The van der Waals surface area contributed by atoms with Gasteiger partial charge in [0.2, 0.25) is 5.91 Å². The first kappa shape index (κ1) is 15.3. The van der Waals surface area contributed by atoms with Gasteiger partial charge < -0.3 is 10.6 Å². The quantitative estimate of drug-likeness (QED) is 0.808. The molecular formula is C14H22N4OS. The second kappa shape index (κ2) is 6.54. The molecule has 1 fully saturated rings. The zero-order chi connectivity index (χ0) is 14.7. The highest BCUT2D eigenvalue weighted by molar-refractivity contribution is 7.98. The van der Waals surface area contributed by atoms with E-state index in [-0.39, 0.29) is 11.8 Å². The van der Waals surface area contributed by atoms with Crippen LogP contribution in [0.4, 0.5) is 0 Å². The SMILES string of the molecule is CSc1nccnc1CN(C(=O)[C@@H](N)C(C)C)C1CC1. The van der Waals surface area contributed by atoms with Gasteiger partial charge in [-0.2, -0.15) is 0 Å². The van der Waals surface area contributed by atoms with E-state index in [4.69, 9.17) is 5.73 Å². The van der Waals surface area contributed by atoms with Crippen molar-refractivity contribution in [1.29, 1.82) is 0 Å². The Morgan fingerprint density at radius 1 is 1.45 bits per heavy atom. The Balaban J connectivity index is 2.16. The molecule has 1 saturated carbocycles. The average Bonchev–Trinajstić information content (AvgIpc) is 3.28. The second-order valence-corrected chi connectivity index (χ2v) is 6.27. The van der Waals surface area contributed by atoms with Crippen molar-refractivity contribution in [3.8, 4) is 0 Å². The molecule has 1 aliphatic carbocycles. The molecule has 110 valence electrons. The molecule has 6 heteroatoms. The summed E-state index contributed by atoms with van der Waals surface area (Å²) in [7, 11) is 0. The van der Waals surface area contributed by atoms with Crippen LogP contribution in [0.5, 0.6) is 0 Å². The molecule has 0 aromatic carbocycles. The zero-order valence-electron chi connectivity index (χ0n) is 12.2. The van der Waals surface area contributed by atoms with Crippen LogP contribution in [-0.4, -0.2) is 39.1 Å². The minimum Gasteiger partial charge on any atom is -0.332 e. The third-order valence-corrected chi connectivity index (χ3v) is 4.25. The van der Waals surface area contributed by atoms with E-state index >= 15 is 0 Å². The van der Waals surface area contributed by atoms with Crippen molar-refractivity contribution in [3.05, 3.63) is 18.1 Å². The van der Waals surface area contributed by atoms with Crippen LogP contribution in [0.1, 0.15) is 32.4 Å². The maximum absolute atomic E-state index is 12.5. The summed E-state index contributed by atoms with van der Waals surface area (Å²) in [5.74, 6) is 0.172. The number of amides is 1. The number of hydrogen-bond acceptors (Lipinski definition) is 5. The van der Waals surface area contributed by atoms with Crippen molar-refractivity contribution < 1.29 is 4.79 Å². The van der Waals surface area contributed by atoms with Crippen LogP contribution in [0.25, 0.3) is 0 Å². The molecular weight excluding hydrogens is 272 g/mol. The van der Waals surface area contributed by atoms with Crippen molar-refractivity contribution in [2.45, 2.75) is 50.3 Å². The summed E-state index contributed by atoms with van der Waals surface area (Å²) in [6.45, 7) is 4.46. The first-order valence-electron chi connectivity index (χ1n) is 6.94. The lowest BCUT2D eigenvalue weighted by atomic mass is 10.0. The number of carbonyl (C=O) groups excluding carboxylic acids is 1. The lowest BCUT2D eigenvalue weighted by Gasteiger charge is -2.27. The Labute approximate surface area is 124 Å². The number of hydrogen-bond donors (Lipinski definition) is 1. The molecule has 0 aliphatic heterocycles. The third kappa shape index (κ3) is 3.49. The third-order valence-electron chi connectivity index (χ3n) is 3.52. The summed E-state index contributed by atoms with van der Waals surface area (Å²) in [5, 5.41) is 0.879. The Morgan fingerprint density at radius 3 is 2.65 bits per heavy atom. The molecule has 1 aliphatic rings. The predicted molar refractivity (Wildman–Crippen MR) is 80.2 cm³/mol. The van der Waals surface area contributed by atoms with E-state index < -0.39 is 6.04 Å². The second-order valence-electron chi connectivity index (χ2n) is 5.48. The van der Waals surface area contributed by atoms with E-state index in [9.17, 15) is 4.79 Å². The van der Waals surface area contributed by atoms with E-state index in [1.165, 1.54) is 0 Å². The fraction of sp³-hybridized carbons (Fsp3) is 0.643. The van der Waals surface area contributed by atoms with E-state index in [0.717, 1.165) is 23.6 Å². The van der Waals surface area contributed by atoms with E-state index in [1.807, 2.05) is 25.0 Å². The molecule has 1 heterocycles. The smallest absolute Gasteiger partial charge is 0.240 e. The molecule has 20 heavy (non-hydrogen) atoms. The molecule has 0 unspecified atom stereocenters. The van der Waals surface area contributed by atoms with Gasteiger partial charge in [0.05, 0.1) is 18.3 Å². The summed E-state index contributed by atoms with van der Waals surface area (Å²) >= 11 is 1.55. The average molecular weight is 294 g/mol. The van der Waals surface area contributed by atoms with Crippen molar-refractivity contribution >= 4 is 17.7 Å². The molecule has 0 saturated heterocycles. The fourth-order valence-corrected chi connectivity index (χ4v) is 2.56.